The number of hydrogen-bond donors (Lipinski definition) is 2. The van der Waals surface area contributed by atoms with Crippen molar-refractivity contribution in [3.63, 3.8) is 0 Å². The number of aliphatic hydroxyl groups is 2. The molecule has 0 heterocycles. The molecule has 6 nitrogen and oxygen atoms in total. The molecule has 0 aromatic rings. The average molecular weight is 370 g/mol. The lowest BCUT2D eigenvalue weighted by atomic mass is 10.2. The highest BCUT2D eigenvalue weighted by atomic mass is 19.4. The Morgan fingerprint density at radius 1 is 0.708 bits per heavy atom. The Kier molecular flexibility index (Phi) is 9.04. The van der Waals surface area contributed by atoms with Gasteiger partial charge in [-0.25, -0.2) is 9.59 Å². The van der Waals surface area contributed by atoms with E-state index in [1.54, 1.807) is 0 Å². The quantitative estimate of drug-likeness (QED) is 0.363. The standard InChI is InChI=1S/C12H16F6O6/c13-11(14,15)7(19)9(21)23-5-3-1-2-4-6-24-10(22)8(20)12(16,17)18/h7-8,19-20H,1-6H2/t7-,8-/m0/s1. The number of carbonyl (C=O) groups excluding carboxylic acids is 2. The summed E-state index contributed by atoms with van der Waals surface area (Å²) >= 11 is 0. The van der Waals surface area contributed by atoms with Gasteiger partial charge in [-0.05, 0) is 25.7 Å². The molecule has 2 N–H and O–H groups in total. The van der Waals surface area contributed by atoms with E-state index in [9.17, 15) is 35.9 Å². The normalized spacial score (nSPS) is 14.8. The first kappa shape index (κ1) is 22.4. The van der Waals surface area contributed by atoms with Crippen molar-refractivity contribution in [1.82, 2.24) is 0 Å². The van der Waals surface area contributed by atoms with Gasteiger partial charge in [0.05, 0.1) is 13.2 Å². The Balaban J connectivity index is 3.69. The molecule has 0 aromatic carbocycles. The third-order valence-corrected chi connectivity index (χ3v) is 2.59. The molecule has 0 rings (SSSR count). The summed E-state index contributed by atoms with van der Waals surface area (Å²) in [7, 11) is 0. The van der Waals surface area contributed by atoms with Gasteiger partial charge in [-0.1, -0.05) is 0 Å². The number of ether oxygens (including phenoxy) is 2. The number of alkyl halides is 6. The average Bonchev–Trinajstić information content (AvgIpc) is 2.45. The van der Waals surface area contributed by atoms with E-state index in [-0.39, 0.29) is 26.1 Å². The van der Waals surface area contributed by atoms with Crippen molar-refractivity contribution >= 4 is 11.9 Å². The first-order valence-electron chi connectivity index (χ1n) is 6.70. The van der Waals surface area contributed by atoms with Gasteiger partial charge in [0.25, 0.3) is 0 Å². The second-order valence-corrected chi connectivity index (χ2v) is 4.64. The van der Waals surface area contributed by atoms with E-state index in [1.807, 2.05) is 0 Å². The maximum absolute atomic E-state index is 11.9. The summed E-state index contributed by atoms with van der Waals surface area (Å²) in [5.41, 5.74) is 0. The van der Waals surface area contributed by atoms with Crippen LogP contribution in [0.2, 0.25) is 0 Å². The summed E-state index contributed by atoms with van der Waals surface area (Å²) in [6, 6.07) is 0. The van der Waals surface area contributed by atoms with Gasteiger partial charge >= 0.3 is 24.3 Å². The number of rotatable bonds is 9. The summed E-state index contributed by atoms with van der Waals surface area (Å²) < 4.78 is 80.0. The van der Waals surface area contributed by atoms with Crippen LogP contribution in [0.5, 0.6) is 0 Å². The fourth-order valence-corrected chi connectivity index (χ4v) is 1.33. The molecule has 0 fully saturated rings. The van der Waals surface area contributed by atoms with Crippen LogP contribution in [0.15, 0.2) is 0 Å². The van der Waals surface area contributed by atoms with Crippen molar-refractivity contribution in [3.8, 4) is 0 Å². The lowest BCUT2D eigenvalue weighted by Gasteiger charge is -2.14. The van der Waals surface area contributed by atoms with Gasteiger partial charge in [0.15, 0.2) is 0 Å². The van der Waals surface area contributed by atoms with Crippen LogP contribution in [0.4, 0.5) is 26.3 Å². The first-order valence-corrected chi connectivity index (χ1v) is 6.70. The molecule has 0 amide bonds. The lowest BCUT2D eigenvalue weighted by molar-refractivity contribution is -0.219. The Morgan fingerprint density at radius 2 is 1.00 bits per heavy atom. The third kappa shape index (κ3) is 8.91. The molecule has 0 aliphatic heterocycles. The summed E-state index contributed by atoms with van der Waals surface area (Å²) in [6.45, 7) is -0.753. The highest BCUT2D eigenvalue weighted by Crippen LogP contribution is 2.21. The molecule has 0 aliphatic carbocycles. The SMILES string of the molecule is O=C(OCCCCCCOC(=O)[C@H](O)C(F)(F)F)[C@H](O)C(F)(F)F. The number of hydrogen-bond acceptors (Lipinski definition) is 6. The van der Waals surface area contributed by atoms with Crippen LogP contribution in [0, 0.1) is 0 Å². The van der Waals surface area contributed by atoms with E-state index in [0.29, 0.717) is 12.8 Å². The molecule has 2 atom stereocenters. The Morgan fingerprint density at radius 3 is 1.25 bits per heavy atom. The molecule has 12 heteroatoms. The summed E-state index contributed by atoms with van der Waals surface area (Å²) in [5.74, 6) is -3.64. The van der Waals surface area contributed by atoms with E-state index in [0.717, 1.165) is 0 Å². The molecule has 0 aromatic heterocycles. The molecule has 0 saturated heterocycles. The maximum atomic E-state index is 11.9. The van der Waals surface area contributed by atoms with Gasteiger partial charge < -0.3 is 19.7 Å². The van der Waals surface area contributed by atoms with Crippen LogP contribution >= 0.6 is 0 Å². The Labute approximate surface area is 132 Å². The fraction of sp³-hybridized carbons (Fsp3) is 0.833. The molecule has 0 aliphatic rings. The fourth-order valence-electron chi connectivity index (χ4n) is 1.33. The van der Waals surface area contributed by atoms with Crippen LogP contribution in [0.25, 0.3) is 0 Å². The lowest BCUT2D eigenvalue weighted by Crippen LogP contribution is -2.37. The van der Waals surface area contributed by atoms with Gasteiger partial charge in [0, 0.05) is 0 Å². The van der Waals surface area contributed by atoms with Crippen LogP contribution in [-0.2, 0) is 19.1 Å². The summed E-state index contributed by atoms with van der Waals surface area (Å²) in [5, 5.41) is 17.1. The zero-order chi connectivity index (χ0) is 19.0. The van der Waals surface area contributed by atoms with E-state index < -0.39 is 36.5 Å². The predicted molar refractivity (Wildman–Crippen MR) is 64.5 cm³/mol. The van der Waals surface area contributed by atoms with Gasteiger partial charge in [0.2, 0.25) is 12.2 Å². The van der Waals surface area contributed by atoms with Crippen molar-refractivity contribution in [2.45, 2.75) is 50.2 Å². The molecule has 142 valence electrons. The molecular formula is C12H16F6O6. The largest absolute Gasteiger partial charge is 0.464 e. The second-order valence-electron chi connectivity index (χ2n) is 4.64. The minimum atomic E-state index is -5.11. The molecule has 0 unspecified atom stereocenters. The van der Waals surface area contributed by atoms with Crippen molar-refractivity contribution in [1.29, 1.82) is 0 Å². The Bertz CT molecular complexity index is 370. The maximum Gasteiger partial charge on any atom is 0.425 e. The number of aliphatic hydroxyl groups excluding tert-OH is 2. The third-order valence-electron chi connectivity index (χ3n) is 2.59. The van der Waals surface area contributed by atoms with Crippen LogP contribution < -0.4 is 0 Å². The van der Waals surface area contributed by atoms with Gasteiger partial charge in [-0.2, -0.15) is 26.3 Å². The smallest absolute Gasteiger partial charge is 0.425 e. The topological polar surface area (TPSA) is 93.1 Å². The highest BCUT2D eigenvalue weighted by molar-refractivity contribution is 5.75. The number of halogens is 6. The van der Waals surface area contributed by atoms with E-state index in [1.165, 1.54) is 0 Å². The Hall–Kier alpha value is -1.56. The van der Waals surface area contributed by atoms with Crippen LogP contribution in [-0.4, -0.2) is 59.9 Å². The molecular weight excluding hydrogens is 354 g/mol. The van der Waals surface area contributed by atoms with Crippen LogP contribution in [0.3, 0.4) is 0 Å². The molecule has 0 radical (unpaired) electrons. The predicted octanol–water partition coefficient (Wildman–Crippen LogP) is 1.48. The second kappa shape index (κ2) is 9.67. The summed E-state index contributed by atoms with van der Waals surface area (Å²) in [6.07, 6.45) is -15.7. The van der Waals surface area contributed by atoms with Gasteiger partial charge in [0.1, 0.15) is 0 Å². The number of unbranched alkanes of at least 4 members (excludes halogenated alkanes) is 3. The zero-order valence-corrected chi connectivity index (χ0v) is 12.2. The zero-order valence-electron chi connectivity index (χ0n) is 12.2. The number of esters is 2. The van der Waals surface area contributed by atoms with Crippen molar-refractivity contribution < 1.29 is 55.6 Å². The van der Waals surface area contributed by atoms with Gasteiger partial charge in [-0.3, -0.25) is 0 Å². The molecule has 24 heavy (non-hydrogen) atoms. The minimum absolute atomic E-state index is 0.148. The number of carbonyl (C=O) groups is 2. The van der Waals surface area contributed by atoms with E-state index >= 15 is 0 Å². The minimum Gasteiger partial charge on any atom is -0.464 e. The first-order chi connectivity index (χ1) is 10.9. The van der Waals surface area contributed by atoms with E-state index in [4.69, 9.17) is 10.2 Å². The van der Waals surface area contributed by atoms with Crippen molar-refractivity contribution in [2.75, 3.05) is 13.2 Å². The monoisotopic (exact) mass is 370 g/mol. The molecule has 0 bridgehead atoms. The van der Waals surface area contributed by atoms with Crippen LogP contribution in [0.1, 0.15) is 25.7 Å². The molecule has 0 saturated carbocycles. The summed E-state index contributed by atoms with van der Waals surface area (Å²) in [4.78, 5) is 21.6. The van der Waals surface area contributed by atoms with Crippen molar-refractivity contribution in [2.24, 2.45) is 0 Å². The van der Waals surface area contributed by atoms with Crippen molar-refractivity contribution in [3.05, 3.63) is 0 Å². The van der Waals surface area contributed by atoms with Gasteiger partial charge in [-0.15, -0.1) is 0 Å². The van der Waals surface area contributed by atoms with E-state index in [2.05, 4.69) is 9.47 Å². The molecule has 0 spiro atoms. The highest BCUT2D eigenvalue weighted by Gasteiger charge is 2.45.